The van der Waals surface area contributed by atoms with Gasteiger partial charge in [0.05, 0.1) is 46.2 Å². The summed E-state index contributed by atoms with van der Waals surface area (Å²) >= 11 is 0. The SMILES string of the molecule is CNC(=O)CCCc1ccccc1OCCOC1CN(C(=O)OC(C)(C)C)CCC1c1ccc(OCCCOCc2ccccc2OC)cc1. The second kappa shape index (κ2) is 19.8. The van der Waals surface area contributed by atoms with Crippen LogP contribution in [0, 0.1) is 0 Å². The molecule has 272 valence electrons. The van der Waals surface area contributed by atoms with E-state index in [2.05, 4.69) is 17.4 Å². The molecular formula is C40H54N2O8. The molecule has 1 N–H and O–H groups in total. The Hall–Kier alpha value is -4.28. The zero-order chi connectivity index (χ0) is 35.8. The van der Waals surface area contributed by atoms with Crippen molar-refractivity contribution >= 4 is 12.0 Å². The van der Waals surface area contributed by atoms with Crippen LogP contribution in [0.2, 0.25) is 0 Å². The van der Waals surface area contributed by atoms with Crippen LogP contribution in [0.15, 0.2) is 72.8 Å². The van der Waals surface area contributed by atoms with Gasteiger partial charge in [0.15, 0.2) is 0 Å². The first-order chi connectivity index (χ1) is 24.2. The molecule has 10 nitrogen and oxygen atoms in total. The molecule has 1 aliphatic heterocycles. The number of carbonyl (C=O) groups excluding carboxylic acids is 2. The number of rotatable bonds is 18. The van der Waals surface area contributed by atoms with Gasteiger partial charge in [-0.15, -0.1) is 0 Å². The maximum absolute atomic E-state index is 13.0. The first kappa shape index (κ1) is 38.5. The first-order valence-electron chi connectivity index (χ1n) is 17.6. The number of para-hydroxylation sites is 2. The van der Waals surface area contributed by atoms with E-state index in [0.717, 1.165) is 59.6 Å². The molecule has 2 amide bonds. The summed E-state index contributed by atoms with van der Waals surface area (Å²) in [7, 11) is 3.31. The van der Waals surface area contributed by atoms with Crippen LogP contribution in [-0.2, 0) is 32.0 Å². The van der Waals surface area contributed by atoms with E-state index in [9.17, 15) is 9.59 Å². The fraction of sp³-hybridized carbons (Fsp3) is 0.500. The van der Waals surface area contributed by atoms with E-state index in [4.69, 9.17) is 28.4 Å². The molecule has 3 aromatic rings. The molecule has 2 atom stereocenters. The minimum Gasteiger partial charge on any atom is -0.496 e. The van der Waals surface area contributed by atoms with Crippen molar-refractivity contribution < 1.29 is 38.0 Å². The molecule has 1 heterocycles. The minimum atomic E-state index is -0.580. The third-order valence-electron chi connectivity index (χ3n) is 8.45. The number of aryl methyl sites for hydroxylation is 1. The lowest BCUT2D eigenvalue weighted by molar-refractivity contribution is -0.120. The molecule has 0 saturated carbocycles. The number of ether oxygens (including phenoxy) is 6. The number of carbonyl (C=O) groups is 2. The van der Waals surface area contributed by atoms with E-state index < -0.39 is 5.60 Å². The Kier molecular flexibility index (Phi) is 15.2. The van der Waals surface area contributed by atoms with E-state index in [0.29, 0.717) is 52.5 Å². The highest BCUT2D eigenvalue weighted by Gasteiger charge is 2.35. The molecular weight excluding hydrogens is 636 g/mol. The van der Waals surface area contributed by atoms with E-state index in [1.165, 1.54) is 0 Å². The molecule has 0 spiro atoms. The Bertz CT molecular complexity index is 1470. The fourth-order valence-electron chi connectivity index (χ4n) is 5.89. The second-order valence-corrected chi connectivity index (χ2v) is 13.3. The highest BCUT2D eigenvalue weighted by molar-refractivity contribution is 5.75. The predicted molar refractivity (Wildman–Crippen MR) is 193 cm³/mol. The molecule has 0 aliphatic carbocycles. The summed E-state index contributed by atoms with van der Waals surface area (Å²) in [6, 6.07) is 23.9. The summed E-state index contributed by atoms with van der Waals surface area (Å²) < 4.78 is 35.5. The largest absolute Gasteiger partial charge is 0.496 e. The van der Waals surface area contributed by atoms with Crippen molar-refractivity contribution in [1.29, 1.82) is 0 Å². The lowest BCUT2D eigenvalue weighted by atomic mass is 9.87. The van der Waals surface area contributed by atoms with Crippen molar-refractivity contribution in [3.05, 3.63) is 89.5 Å². The van der Waals surface area contributed by atoms with Gasteiger partial charge in [0.25, 0.3) is 0 Å². The zero-order valence-corrected chi connectivity index (χ0v) is 30.3. The fourth-order valence-corrected chi connectivity index (χ4v) is 5.89. The van der Waals surface area contributed by atoms with Crippen LogP contribution < -0.4 is 19.5 Å². The van der Waals surface area contributed by atoms with Crippen LogP contribution in [0.25, 0.3) is 0 Å². The van der Waals surface area contributed by atoms with Crippen LogP contribution in [0.5, 0.6) is 17.2 Å². The molecule has 4 rings (SSSR count). The van der Waals surface area contributed by atoms with Crippen molar-refractivity contribution in [3.63, 3.8) is 0 Å². The number of nitrogens with zero attached hydrogens (tertiary/aromatic N) is 1. The predicted octanol–water partition coefficient (Wildman–Crippen LogP) is 6.94. The van der Waals surface area contributed by atoms with E-state index in [1.54, 1.807) is 19.1 Å². The first-order valence-corrected chi connectivity index (χ1v) is 17.6. The molecule has 0 aromatic heterocycles. The van der Waals surface area contributed by atoms with Crippen LogP contribution >= 0.6 is 0 Å². The maximum Gasteiger partial charge on any atom is 0.410 e. The number of benzene rings is 3. The Labute approximate surface area is 297 Å². The van der Waals surface area contributed by atoms with Crippen molar-refractivity contribution in [3.8, 4) is 17.2 Å². The van der Waals surface area contributed by atoms with Crippen molar-refractivity contribution in [2.24, 2.45) is 0 Å². The molecule has 10 heteroatoms. The number of hydrogen-bond donors (Lipinski definition) is 1. The van der Waals surface area contributed by atoms with Gasteiger partial charge in [-0.25, -0.2) is 4.79 Å². The number of nitrogens with one attached hydrogen (secondary N) is 1. The van der Waals surface area contributed by atoms with Gasteiger partial charge in [-0.3, -0.25) is 4.79 Å². The molecule has 0 bridgehead atoms. The van der Waals surface area contributed by atoms with E-state index in [1.807, 2.05) is 81.4 Å². The molecule has 1 aliphatic rings. The smallest absolute Gasteiger partial charge is 0.410 e. The summed E-state index contributed by atoms with van der Waals surface area (Å²) in [5.41, 5.74) is 2.64. The quantitative estimate of drug-likeness (QED) is 0.143. The third kappa shape index (κ3) is 12.6. The van der Waals surface area contributed by atoms with Gasteiger partial charge in [0.1, 0.15) is 29.5 Å². The molecule has 0 radical (unpaired) electrons. The average molecular weight is 691 g/mol. The standard InChI is InChI=1S/C40H54N2O8/c1-40(2,3)50-39(44)42-23-22-34(37(28-42)49-27-26-48-36-16-9-6-12-31(36)14-10-17-38(43)41-4)30-18-20-33(21-19-30)47-25-11-24-46-29-32-13-7-8-15-35(32)45-5/h6-9,12-13,15-16,18-21,34,37H,10-11,14,17,22-29H2,1-5H3,(H,41,43). The summed E-state index contributed by atoms with van der Waals surface area (Å²) in [4.78, 5) is 26.4. The average Bonchev–Trinajstić information content (AvgIpc) is 3.11. The van der Waals surface area contributed by atoms with Gasteiger partial charge in [-0.05, 0) is 75.4 Å². The van der Waals surface area contributed by atoms with Gasteiger partial charge >= 0.3 is 6.09 Å². The highest BCUT2D eigenvalue weighted by atomic mass is 16.6. The third-order valence-corrected chi connectivity index (χ3v) is 8.45. The van der Waals surface area contributed by atoms with Gasteiger partial charge in [0, 0.05) is 37.9 Å². The summed E-state index contributed by atoms with van der Waals surface area (Å²) in [5, 5.41) is 2.67. The number of likely N-dealkylation sites (tertiary alicyclic amines) is 1. The highest BCUT2D eigenvalue weighted by Crippen LogP contribution is 2.32. The van der Waals surface area contributed by atoms with Gasteiger partial charge in [-0.2, -0.15) is 0 Å². The zero-order valence-electron chi connectivity index (χ0n) is 30.3. The number of piperidine rings is 1. The molecule has 1 saturated heterocycles. The Morgan fingerprint density at radius 3 is 2.28 bits per heavy atom. The molecule has 50 heavy (non-hydrogen) atoms. The molecule has 3 aromatic carbocycles. The number of hydrogen-bond acceptors (Lipinski definition) is 8. The monoisotopic (exact) mass is 690 g/mol. The Morgan fingerprint density at radius 2 is 1.56 bits per heavy atom. The summed E-state index contributed by atoms with van der Waals surface area (Å²) in [6.45, 7) is 8.95. The molecule has 1 fully saturated rings. The van der Waals surface area contributed by atoms with Crippen molar-refractivity contribution in [2.45, 2.75) is 77.1 Å². The van der Waals surface area contributed by atoms with E-state index in [-0.39, 0.29) is 24.0 Å². The Balaban J connectivity index is 1.29. The lowest BCUT2D eigenvalue weighted by Gasteiger charge is -2.39. The minimum absolute atomic E-state index is 0.0311. The topological polar surface area (TPSA) is 105 Å². The van der Waals surface area contributed by atoms with Crippen LogP contribution in [0.4, 0.5) is 4.79 Å². The van der Waals surface area contributed by atoms with Crippen LogP contribution in [0.1, 0.15) is 69.1 Å². The van der Waals surface area contributed by atoms with E-state index >= 15 is 0 Å². The lowest BCUT2D eigenvalue weighted by Crippen LogP contribution is -2.48. The number of amides is 2. The molecule has 2 unspecified atom stereocenters. The van der Waals surface area contributed by atoms with Gasteiger partial charge in [0.2, 0.25) is 5.91 Å². The van der Waals surface area contributed by atoms with Crippen molar-refractivity contribution in [2.75, 3.05) is 53.7 Å². The van der Waals surface area contributed by atoms with Gasteiger partial charge < -0.3 is 38.6 Å². The summed E-state index contributed by atoms with van der Waals surface area (Å²) in [6.07, 6.45) is 2.89. The maximum atomic E-state index is 13.0. The van der Waals surface area contributed by atoms with Crippen LogP contribution in [0.3, 0.4) is 0 Å². The van der Waals surface area contributed by atoms with Crippen molar-refractivity contribution in [1.82, 2.24) is 10.2 Å². The normalized spacial score (nSPS) is 16.1. The Morgan fingerprint density at radius 1 is 0.840 bits per heavy atom. The summed E-state index contributed by atoms with van der Waals surface area (Å²) in [5.74, 6) is 2.53. The second-order valence-electron chi connectivity index (χ2n) is 13.3. The van der Waals surface area contributed by atoms with Gasteiger partial charge in [-0.1, -0.05) is 48.5 Å². The van der Waals surface area contributed by atoms with Crippen LogP contribution in [-0.4, -0.2) is 82.3 Å². The number of methoxy groups -OCH3 is 1.